The zero-order valence-corrected chi connectivity index (χ0v) is 37.5. The number of carboxylic acid groups (broad SMARTS) is 1. The molecule has 338 valence electrons. The van der Waals surface area contributed by atoms with E-state index < -0.39 is 57.6 Å². The summed E-state index contributed by atoms with van der Waals surface area (Å²) in [7, 11) is -4.76. The van der Waals surface area contributed by atoms with Crippen molar-refractivity contribution in [1.82, 2.24) is 5.32 Å². The van der Waals surface area contributed by atoms with Crippen molar-refractivity contribution in [2.24, 2.45) is 0 Å². The average Bonchev–Trinajstić information content (AvgIpc) is 3.20. The Kier molecular flexibility index (Phi) is 39.8. The number of rotatable bonds is 43. The molecule has 3 atom stereocenters. The molecule has 58 heavy (non-hydrogen) atoms. The summed E-state index contributed by atoms with van der Waals surface area (Å²) in [6.45, 7) is 2.57. The number of ether oxygens (including phenoxy) is 1. The molecule has 0 radical (unpaired) electrons. The van der Waals surface area contributed by atoms with Gasteiger partial charge in [0.25, 0.3) is 0 Å². The molecule has 0 heterocycles. The Morgan fingerprint density at radius 3 is 1.43 bits per heavy atom. The normalized spacial score (nSPS) is 14.0. The first kappa shape index (κ1) is 55.7. The number of carbonyl (C=O) groups excluding carboxylic acids is 2. The van der Waals surface area contributed by atoms with Crippen molar-refractivity contribution < 1.29 is 47.8 Å². The molecule has 0 aliphatic carbocycles. The third-order valence-electron chi connectivity index (χ3n) is 9.90. The van der Waals surface area contributed by atoms with Crippen molar-refractivity contribution in [3.63, 3.8) is 0 Å². The molecular weight excluding hydrogens is 757 g/mol. The van der Waals surface area contributed by atoms with Crippen LogP contribution in [0.25, 0.3) is 0 Å². The van der Waals surface area contributed by atoms with Gasteiger partial charge in [0.05, 0.1) is 13.2 Å². The van der Waals surface area contributed by atoms with Gasteiger partial charge in [-0.2, -0.15) is 0 Å². The van der Waals surface area contributed by atoms with Crippen molar-refractivity contribution in [2.75, 3.05) is 19.8 Å². The monoisotopic (exact) mass is 842 g/mol. The molecule has 0 spiro atoms. The molecule has 0 fully saturated rings. The van der Waals surface area contributed by atoms with E-state index >= 15 is 0 Å². The molecule has 0 bridgehead atoms. The van der Waals surface area contributed by atoms with Crippen LogP contribution in [0.2, 0.25) is 0 Å². The number of nitrogens with one attached hydrogen (secondary N) is 1. The van der Waals surface area contributed by atoms with Gasteiger partial charge in [0, 0.05) is 12.8 Å². The van der Waals surface area contributed by atoms with E-state index in [1.54, 1.807) is 0 Å². The Morgan fingerprint density at radius 2 is 0.948 bits per heavy atom. The minimum Gasteiger partial charge on any atom is -0.480 e. The molecule has 11 nitrogen and oxygen atoms in total. The molecular formula is C46H84NO10P. The van der Waals surface area contributed by atoms with Gasteiger partial charge in [-0.3, -0.25) is 18.6 Å². The predicted molar refractivity (Wildman–Crippen MR) is 236 cm³/mol. The van der Waals surface area contributed by atoms with E-state index in [-0.39, 0.29) is 12.8 Å². The summed E-state index contributed by atoms with van der Waals surface area (Å²) in [6.07, 6.45) is 44.4. The number of hydrogen-bond donors (Lipinski definition) is 4. The fourth-order valence-corrected chi connectivity index (χ4v) is 7.05. The highest BCUT2D eigenvalue weighted by Crippen LogP contribution is 2.43. The summed E-state index contributed by atoms with van der Waals surface area (Å²) in [5.74, 6) is -2.39. The number of amides is 1. The molecule has 0 saturated heterocycles. The molecule has 0 aliphatic heterocycles. The van der Waals surface area contributed by atoms with Crippen LogP contribution >= 0.6 is 7.82 Å². The van der Waals surface area contributed by atoms with Gasteiger partial charge in [-0.1, -0.05) is 159 Å². The number of phosphoric ester groups is 1. The van der Waals surface area contributed by atoms with Gasteiger partial charge >= 0.3 is 19.8 Å². The molecule has 0 aromatic carbocycles. The van der Waals surface area contributed by atoms with E-state index in [1.165, 1.54) is 89.9 Å². The second-order valence-corrected chi connectivity index (χ2v) is 17.0. The first-order valence-electron chi connectivity index (χ1n) is 23.0. The van der Waals surface area contributed by atoms with Gasteiger partial charge in [-0.05, 0) is 70.6 Å². The van der Waals surface area contributed by atoms with Gasteiger partial charge in [0.2, 0.25) is 5.91 Å². The number of aliphatic hydroxyl groups is 1. The van der Waals surface area contributed by atoms with E-state index in [4.69, 9.17) is 13.8 Å². The third kappa shape index (κ3) is 40.5. The van der Waals surface area contributed by atoms with Gasteiger partial charge in [0.1, 0.15) is 12.7 Å². The standard InChI is InChI=1S/C46H84NO10P/c1-3-5-7-9-11-13-15-17-19-21-22-23-25-27-29-31-33-35-37-44(49)47-43(46(51)52)41-57-58(53,54)56-40-42(48)39-55-45(50)38-36-34-32-30-28-26-24-20-18-16-14-12-10-8-6-4-2/h13,15,19-21,24,42-43,48H,3-12,14,16-18,22-23,25-41H2,1-2H3,(H,47,49)(H,51,52)(H,53,54)/b15-13-,21-19-,24-20-. The van der Waals surface area contributed by atoms with Gasteiger partial charge < -0.3 is 25.2 Å². The fourth-order valence-electron chi connectivity index (χ4n) is 6.28. The van der Waals surface area contributed by atoms with E-state index in [9.17, 15) is 34.1 Å². The highest BCUT2D eigenvalue weighted by atomic mass is 31.2. The maximum atomic E-state index is 12.3. The minimum atomic E-state index is -4.76. The minimum absolute atomic E-state index is 0.136. The number of esters is 1. The van der Waals surface area contributed by atoms with Crippen LogP contribution in [0.4, 0.5) is 0 Å². The van der Waals surface area contributed by atoms with Gasteiger partial charge in [0.15, 0.2) is 6.04 Å². The van der Waals surface area contributed by atoms with Crippen LogP contribution in [0.1, 0.15) is 206 Å². The van der Waals surface area contributed by atoms with Crippen LogP contribution in [0.5, 0.6) is 0 Å². The largest absolute Gasteiger partial charge is 0.480 e. The summed E-state index contributed by atoms with van der Waals surface area (Å²) in [4.78, 5) is 46.0. The lowest BCUT2D eigenvalue weighted by Crippen LogP contribution is -2.43. The lowest BCUT2D eigenvalue weighted by atomic mass is 10.1. The van der Waals surface area contributed by atoms with Crippen LogP contribution < -0.4 is 5.32 Å². The topological polar surface area (TPSA) is 169 Å². The SMILES string of the molecule is CCCCCC/C=C\C/C=C\CCCCCCCCCC(=O)NC(COP(=O)(O)OCC(O)COC(=O)CCCCCCC/C=C\CCCCCCCCC)C(=O)O. The lowest BCUT2D eigenvalue weighted by molar-refractivity contribution is -0.147. The van der Waals surface area contributed by atoms with Gasteiger partial charge in [-0.25, -0.2) is 9.36 Å². The summed E-state index contributed by atoms with van der Waals surface area (Å²) < 4.78 is 26.9. The van der Waals surface area contributed by atoms with Crippen LogP contribution in [-0.4, -0.2) is 64.9 Å². The molecule has 12 heteroatoms. The molecule has 0 aromatic heterocycles. The Labute approximate surface area is 352 Å². The smallest absolute Gasteiger partial charge is 0.472 e. The molecule has 3 unspecified atom stereocenters. The third-order valence-corrected chi connectivity index (χ3v) is 10.9. The number of hydrogen-bond acceptors (Lipinski definition) is 8. The van der Waals surface area contributed by atoms with Crippen molar-refractivity contribution in [1.29, 1.82) is 0 Å². The maximum Gasteiger partial charge on any atom is 0.472 e. The fraction of sp³-hybridized carbons (Fsp3) is 0.804. The van der Waals surface area contributed by atoms with E-state index in [0.717, 1.165) is 77.0 Å². The Morgan fingerprint density at radius 1 is 0.552 bits per heavy atom. The maximum absolute atomic E-state index is 12.3. The number of aliphatic carboxylic acids is 1. The lowest BCUT2D eigenvalue weighted by Gasteiger charge is -2.18. The van der Waals surface area contributed by atoms with Crippen molar-refractivity contribution in [3.05, 3.63) is 36.5 Å². The summed E-state index contributed by atoms with van der Waals surface area (Å²) in [5, 5.41) is 21.8. The molecule has 0 aliphatic rings. The Balaban J connectivity index is 3.91. The number of unbranched alkanes of at least 4 members (excludes halogenated alkanes) is 23. The highest BCUT2D eigenvalue weighted by Gasteiger charge is 2.28. The van der Waals surface area contributed by atoms with Crippen LogP contribution in [0.15, 0.2) is 36.5 Å². The number of carboxylic acids is 1. The number of allylic oxidation sites excluding steroid dienone is 6. The summed E-state index contributed by atoms with van der Waals surface area (Å²) in [5.41, 5.74) is 0. The number of carbonyl (C=O) groups is 3. The second-order valence-electron chi connectivity index (χ2n) is 15.6. The Bertz CT molecular complexity index is 1130. The zero-order chi connectivity index (χ0) is 42.8. The van der Waals surface area contributed by atoms with Crippen molar-refractivity contribution in [2.45, 2.75) is 219 Å². The molecule has 4 N–H and O–H groups in total. The first-order chi connectivity index (χ1) is 28.1. The molecule has 0 aromatic rings. The second kappa shape index (κ2) is 41.4. The van der Waals surface area contributed by atoms with Crippen LogP contribution in [-0.2, 0) is 32.7 Å². The van der Waals surface area contributed by atoms with Crippen LogP contribution in [0.3, 0.4) is 0 Å². The number of phosphoric acid groups is 1. The van der Waals surface area contributed by atoms with E-state index in [0.29, 0.717) is 12.8 Å². The number of aliphatic hydroxyl groups excluding tert-OH is 1. The zero-order valence-electron chi connectivity index (χ0n) is 36.6. The average molecular weight is 842 g/mol. The highest BCUT2D eigenvalue weighted by molar-refractivity contribution is 7.47. The molecule has 0 saturated carbocycles. The van der Waals surface area contributed by atoms with Gasteiger partial charge in [-0.15, -0.1) is 0 Å². The molecule has 1 amide bonds. The quantitative estimate of drug-likeness (QED) is 0.0201. The molecule has 0 rings (SSSR count). The first-order valence-corrected chi connectivity index (χ1v) is 24.5. The van der Waals surface area contributed by atoms with E-state index in [2.05, 4.69) is 55.6 Å². The Hall–Kier alpha value is -2.30. The summed E-state index contributed by atoms with van der Waals surface area (Å²) in [6, 6.07) is -1.55. The van der Waals surface area contributed by atoms with Crippen molar-refractivity contribution in [3.8, 4) is 0 Å². The van der Waals surface area contributed by atoms with Crippen LogP contribution in [0, 0.1) is 0 Å². The predicted octanol–water partition coefficient (Wildman–Crippen LogP) is 12.0. The van der Waals surface area contributed by atoms with E-state index in [1.807, 2.05) is 0 Å². The summed E-state index contributed by atoms with van der Waals surface area (Å²) >= 11 is 0. The van der Waals surface area contributed by atoms with Crippen molar-refractivity contribution >= 4 is 25.7 Å².